The minimum Gasteiger partial charge on any atom is -0.465 e. The van der Waals surface area contributed by atoms with Gasteiger partial charge in [0.1, 0.15) is 5.57 Å². The summed E-state index contributed by atoms with van der Waals surface area (Å²) in [7, 11) is 1.31. The maximum atomic E-state index is 12.8. The van der Waals surface area contributed by atoms with Crippen molar-refractivity contribution in [1.29, 1.82) is 0 Å². The summed E-state index contributed by atoms with van der Waals surface area (Å²) in [5.74, 6) is -0.390. The summed E-state index contributed by atoms with van der Waals surface area (Å²) >= 11 is 0. The van der Waals surface area contributed by atoms with Gasteiger partial charge in [-0.15, -0.1) is 0 Å². The Hall–Kier alpha value is -2.36. The fourth-order valence-electron chi connectivity index (χ4n) is 3.44. The lowest BCUT2D eigenvalue weighted by Crippen LogP contribution is -2.19. The van der Waals surface area contributed by atoms with Gasteiger partial charge in [0.2, 0.25) is 5.78 Å². The Balaban J connectivity index is 2.07. The second-order valence-corrected chi connectivity index (χ2v) is 6.05. The van der Waals surface area contributed by atoms with Crippen LogP contribution in [0.3, 0.4) is 0 Å². The first kappa shape index (κ1) is 15.5. The first-order valence-electron chi connectivity index (χ1n) is 8.04. The van der Waals surface area contributed by atoms with E-state index in [0.29, 0.717) is 17.3 Å². The van der Waals surface area contributed by atoms with E-state index in [0.717, 1.165) is 18.5 Å². The van der Waals surface area contributed by atoms with Crippen molar-refractivity contribution in [1.82, 2.24) is 0 Å². The van der Waals surface area contributed by atoms with E-state index in [1.54, 1.807) is 6.92 Å². The van der Waals surface area contributed by atoms with Crippen LogP contribution in [0, 0.1) is 5.92 Å². The standard InChI is InChI=1S/C19H21NO3/c1-13-17(19(22)23-2)18(21)16(12-14-8-6-7-9-14)20(13)15-10-4-3-5-11-15/h3-5,10-12,14H,6-9H2,1-2H3/b16-12+. The van der Waals surface area contributed by atoms with Gasteiger partial charge in [0.15, 0.2) is 0 Å². The number of benzene rings is 1. The monoisotopic (exact) mass is 311 g/mol. The van der Waals surface area contributed by atoms with Crippen molar-refractivity contribution in [2.45, 2.75) is 32.6 Å². The fourth-order valence-corrected chi connectivity index (χ4v) is 3.44. The van der Waals surface area contributed by atoms with Gasteiger partial charge < -0.3 is 9.64 Å². The van der Waals surface area contributed by atoms with E-state index in [-0.39, 0.29) is 11.4 Å². The number of allylic oxidation sites excluding steroid dienone is 3. The third kappa shape index (κ3) is 2.81. The lowest BCUT2D eigenvalue weighted by molar-refractivity contribution is -0.137. The van der Waals surface area contributed by atoms with Gasteiger partial charge in [-0.2, -0.15) is 0 Å². The Morgan fingerprint density at radius 2 is 1.87 bits per heavy atom. The summed E-state index contributed by atoms with van der Waals surface area (Å²) < 4.78 is 4.81. The summed E-state index contributed by atoms with van der Waals surface area (Å²) in [5.41, 5.74) is 2.25. The first-order valence-corrected chi connectivity index (χ1v) is 8.04. The zero-order valence-electron chi connectivity index (χ0n) is 13.5. The Kier molecular flexibility index (Phi) is 4.33. The van der Waals surface area contributed by atoms with Crippen LogP contribution in [0.2, 0.25) is 0 Å². The molecular weight excluding hydrogens is 290 g/mol. The fraction of sp³-hybridized carbons (Fsp3) is 0.368. The second-order valence-electron chi connectivity index (χ2n) is 6.05. The average molecular weight is 311 g/mol. The minimum atomic E-state index is -0.566. The van der Waals surface area contributed by atoms with Gasteiger partial charge in [0.05, 0.1) is 12.8 Å². The van der Waals surface area contributed by atoms with Crippen molar-refractivity contribution >= 4 is 17.4 Å². The molecule has 0 amide bonds. The summed E-state index contributed by atoms with van der Waals surface area (Å²) in [4.78, 5) is 26.7. The zero-order chi connectivity index (χ0) is 16.4. The van der Waals surface area contributed by atoms with Crippen molar-refractivity contribution in [2.24, 2.45) is 5.92 Å². The van der Waals surface area contributed by atoms with Gasteiger partial charge in [-0.05, 0) is 37.8 Å². The molecule has 0 bridgehead atoms. The maximum absolute atomic E-state index is 12.8. The molecule has 120 valence electrons. The third-order valence-corrected chi connectivity index (χ3v) is 4.60. The minimum absolute atomic E-state index is 0.139. The number of Topliss-reactive ketones (excluding diaryl/α,β-unsaturated/α-hetero) is 1. The van der Waals surface area contributed by atoms with Gasteiger partial charge in [0.25, 0.3) is 0 Å². The number of nitrogens with zero attached hydrogens (tertiary/aromatic N) is 1. The summed E-state index contributed by atoms with van der Waals surface area (Å²) in [6.45, 7) is 1.80. The Labute approximate surface area is 136 Å². The quantitative estimate of drug-likeness (QED) is 0.486. The molecule has 3 rings (SSSR count). The molecule has 0 saturated heterocycles. The molecule has 1 aromatic carbocycles. The van der Waals surface area contributed by atoms with Crippen LogP contribution in [0.5, 0.6) is 0 Å². The number of hydrogen-bond donors (Lipinski definition) is 0. The first-order chi connectivity index (χ1) is 11.1. The number of methoxy groups -OCH3 is 1. The number of ether oxygens (including phenoxy) is 1. The topological polar surface area (TPSA) is 46.6 Å². The summed E-state index contributed by atoms with van der Waals surface area (Å²) in [6.07, 6.45) is 6.65. The van der Waals surface area contributed by atoms with Gasteiger partial charge in [0, 0.05) is 11.4 Å². The second kappa shape index (κ2) is 6.41. The lowest BCUT2D eigenvalue weighted by atomic mass is 10.0. The highest BCUT2D eigenvalue weighted by Crippen LogP contribution is 2.37. The van der Waals surface area contributed by atoms with E-state index in [1.807, 2.05) is 41.3 Å². The molecule has 0 spiro atoms. The smallest absolute Gasteiger partial charge is 0.343 e. The van der Waals surface area contributed by atoms with E-state index >= 15 is 0 Å². The third-order valence-electron chi connectivity index (χ3n) is 4.60. The Morgan fingerprint density at radius 1 is 1.22 bits per heavy atom. The van der Waals surface area contributed by atoms with Crippen molar-refractivity contribution < 1.29 is 14.3 Å². The molecule has 4 heteroatoms. The predicted molar refractivity (Wildman–Crippen MR) is 88.7 cm³/mol. The highest BCUT2D eigenvalue weighted by Gasteiger charge is 2.38. The maximum Gasteiger partial charge on any atom is 0.343 e. The predicted octanol–water partition coefficient (Wildman–Crippen LogP) is 3.60. The number of ketones is 1. The van der Waals surface area contributed by atoms with Gasteiger partial charge in [-0.1, -0.05) is 37.1 Å². The van der Waals surface area contributed by atoms with Gasteiger partial charge in [-0.3, -0.25) is 4.79 Å². The summed E-state index contributed by atoms with van der Waals surface area (Å²) in [5, 5.41) is 0. The van der Waals surface area contributed by atoms with Crippen molar-refractivity contribution in [3.05, 3.63) is 53.4 Å². The molecule has 0 N–H and O–H groups in total. The molecule has 0 radical (unpaired) electrons. The SMILES string of the molecule is COC(=O)C1=C(C)N(c2ccccc2)/C(=C/C2CCCC2)C1=O. The normalized spacial score (nSPS) is 20.7. The van der Waals surface area contributed by atoms with Crippen LogP contribution in [-0.2, 0) is 14.3 Å². The van der Waals surface area contributed by atoms with E-state index in [2.05, 4.69) is 0 Å². The Morgan fingerprint density at radius 3 is 2.48 bits per heavy atom. The number of esters is 1. The number of anilines is 1. The van der Waals surface area contributed by atoms with Crippen molar-refractivity contribution in [3.63, 3.8) is 0 Å². The van der Waals surface area contributed by atoms with Crippen molar-refractivity contribution in [2.75, 3.05) is 12.0 Å². The molecule has 1 heterocycles. The molecule has 0 atom stereocenters. The van der Waals surface area contributed by atoms with Crippen LogP contribution >= 0.6 is 0 Å². The molecule has 23 heavy (non-hydrogen) atoms. The summed E-state index contributed by atoms with van der Waals surface area (Å²) in [6, 6.07) is 9.67. The van der Waals surface area contributed by atoms with Gasteiger partial charge >= 0.3 is 5.97 Å². The average Bonchev–Trinajstić information content (AvgIpc) is 3.15. The number of para-hydroxylation sites is 1. The molecule has 1 saturated carbocycles. The number of carbonyl (C=O) groups is 2. The lowest BCUT2D eigenvalue weighted by Gasteiger charge is -2.22. The molecule has 4 nitrogen and oxygen atoms in total. The highest BCUT2D eigenvalue weighted by molar-refractivity contribution is 6.28. The molecule has 0 unspecified atom stereocenters. The van der Waals surface area contributed by atoms with Gasteiger partial charge in [-0.25, -0.2) is 4.79 Å². The van der Waals surface area contributed by atoms with Crippen LogP contribution in [0.1, 0.15) is 32.6 Å². The molecule has 2 aliphatic rings. The van der Waals surface area contributed by atoms with Crippen LogP contribution in [0.4, 0.5) is 5.69 Å². The number of rotatable bonds is 3. The Bertz CT molecular complexity index is 682. The van der Waals surface area contributed by atoms with E-state index < -0.39 is 5.97 Å². The van der Waals surface area contributed by atoms with Crippen molar-refractivity contribution in [3.8, 4) is 0 Å². The number of hydrogen-bond acceptors (Lipinski definition) is 4. The van der Waals surface area contributed by atoms with Crippen LogP contribution in [0.15, 0.2) is 53.4 Å². The van der Waals surface area contributed by atoms with E-state index in [9.17, 15) is 9.59 Å². The largest absolute Gasteiger partial charge is 0.465 e. The molecule has 1 aliphatic heterocycles. The van der Waals surface area contributed by atoms with E-state index in [4.69, 9.17) is 4.74 Å². The van der Waals surface area contributed by atoms with E-state index in [1.165, 1.54) is 20.0 Å². The molecule has 0 aromatic heterocycles. The molecule has 1 aromatic rings. The molecule has 1 aliphatic carbocycles. The number of carbonyl (C=O) groups excluding carboxylic acids is 2. The molecular formula is C19H21NO3. The van der Waals surface area contributed by atoms with Crippen LogP contribution in [0.25, 0.3) is 0 Å². The zero-order valence-corrected chi connectivity index (χ0v) is 13.5. The van der Waals surface area contributed by atoms with Crippen LogP contribution in [-0.4, -0.2) is 18.9 Å². The highest BCUT2D eigenvalue weighted by atomic mass is 16.5. The molecule has 1 fully saturated rings. The van der Waals surface area contributed by atoms with Crippen LogP contribution < -0.4 is 4.90 Å².